The zero-order valence-electron chi connectivity index (χ0n) is 18.5. The van der Waals surface area contributed by atoms with Gasteiger partial charge in [0.2, 0.25) is 5.75 Å². The Balaban J connectivity index is 1.87. The summed E-state index contributed by atoms with van der Waals surface area (Å²) in [4.78, 5) is 5.40. The molecule has 0 bridgehead atoms. The Hall–Kier alpha value is -3.00. The molecule has 0 amide bonds. The third-order valence-electron chi connectivity index (χ3n) is 5.31. The zero-order valence-corrected chi connectivity index (χ0v) is 19.3. The second kappa shape index (κ2) is 9.87. The van der Waals surface area contributed by atoms with Crippen molar-refractivity contribution in [2.24, 2.45) is 0 Å². The van der Waals surface area contributed by atoms with Crippen molar-refractivity contribution < 1.29 is 18.6 Å². The number of aromatic nitrogens is 1. The minimum Gasteiger partial charge on any atom is -0.493 e. The van der Waals surface area contributed by atoms with Crippen LogP contribution in [0.3, 0.4) is 0 Å². The molecular formula is C23H28FN3O3S. The van der Waals surface area contributed by atoms with Gasteiger partial charge in [-0.25, -0.2) is 4.39 Å². The number of nitrogens with zero attached hydrogens (tertiary/aromatic N) is 1. The van der Waals surface area contributed by atoms with Crippen molar-refractivity contribution in [3.63, 3.8) is 0 Å². The number of benzene rings is 2. The maximum absolute atomic E-state index is 13.8. The van der Waals surface area contributed by atoms with E-state index in [1.54, 1.807) is 40.5 Å². The van der Waals surface area contributed by atoms with Crippen LogP contribution < -0.4 is 19.5 Å². The molecule has 1 aromatic heterocycles. The van der Waals surface area contributed by atoms with E-state index in [1.165, 1.54) is 6.07 Å². The van der Waals surface area contributed by atoms with E-state index >= 15 is 0 Å². The largest absolute Gasteiger partial charge is 0.493 e. The minimum absolute atomic E-state index is 0.243. The second-order valence-corrected chi connectivity index (χ2v) is 7.57. The summed E-state index contributed by atoms with van der Waals surface area (Å²) in [7, 11) is 6.57. The van der Waals surface area contributed by atoms with Crippen molar-refractivity contribution in [1.29, 1.82) is 0 Å². The number of aromatic amines is 1. The molecule has 166 valence electrons. The first-order valence-electron chi connectivity index (χ1n) is 9.94. The van der Waals surface area contributed by atoms with E-state index in [9.17, 15) is 4.39 Å². The van der Waals surface area contributed by atoms with Gasteiger partial charge in [-0.05, 0) is 67.0 Å². The van der Waals surface area contributed by atoms with E-state index in [4.69, 9.17) is 26.4 Å². The van der Waals surface area contributed by atoms with E-state index < -0.39 is 0 Å². The molecule has 0 unspecified atom stereocenters. The summed E-state index contributed by atoms with van der Waals surface area (Å²) in [5, 5.41) is 4.58. The van der Waals surface area contributed by atoms with E-state index in [0.29, 0.717) is 41.9 Å². The number of hydrogen-bond acceptors (Lipinski definition) is 4. The quantitative estimate of drug-likeness (QED) is 0.507. The van der Waals surface area contributed by atoms with Crippen LogP contribution in [0, 0.1) is 12.7 Å². The van der Waals surface area contributed by atoms with Crippen molar-refractivity contribution in [3.8, 4) is 17.2 Å². The van der Waals surface area contributed by atoms with Crippen molar-refractivity contribution >= 4 is 28.2 Å². The highest BCUT2D eigenvalue weighted by Crippen LogP contribution is 2.38. The van der Waals surface area contributed by atoms with Crippen molar-refractivity contribution in [1.82, 2.24) is 15.2 Å². The van der Waals surface area contributed by atoms with Crippen LogP contribution in [-0.2, 0) is 13.0 Å². The highest BCUT2D eigenvalue weighted by molar-refractivity contribution is 7.80. The summed E-state index contributed by atoms with van der Waals surface area (Å²) in [6, 6.07) is 8.65. The van der Waals surface area contributed by atoms with Gasteiger partial charge >= 0.3 is 0 Å². The number of rotatable bonds is 8. The Morgan fingerprint density at radius 1 is 1.10 bits per heavy atom. The number of thiocarbonyl (C=S) groups is 1. The van der Waals surface area contributed by atoms with Crippen molar-refractivity contribution in [2.45, 2.75) is 19.9 Å². The fraction of sp³-hybridized carbons (Fsp3) is 0.348. The van der Waals surface area contributed by atoms with Crippen LogP contribution in [0.25, 0.3) is 10.9 Å². The number of aryl methyl sites for hydroxylation is 1. The Kier molecular flexibility index (Phi) is 7.22. The average Bonchev–Trinajstić information content (AvgIpc) is 3.09. The number of halogens is 1. The van der Waals surface area contributed by atoms with Gasteiger partial charge in [0.05, 0.1) is 21.3 Å². The summed E-state index contributed by atoms with van der Waals surface area (Å²) < 4.78 is 30.2. The smallest absolute Gasteiger partial charge is 0.203 e. The highest BCUT2D eigenvalue weighted by atomic mass is 32.1. The average molecular weight is 446 g/mol. The molecule has 0 atom stereocenters. The molecule has 0 aliphatic rings. The van der Waals surface area contributed by atoms with Crippen molar-refractivity contribution in [2.75, 3.05) is 34.9 Å². The van der Waals surface area contributed by atoms with Gasteiger partial charge in [0.15, 0.2) is 16.6 Å². The first-order valence-corrected chi connectivity index (χ1v) is 10.3. The summed E-state index contributed by atoms with van der Waals surface area (Å²) >= 11 is 5.55. The van der Waals surface area contributed by atoms with Crippen LogP contribution in [0.2, 0.25) is 0 Å². The van der Waals surface area contributed by atoms with Gasteiger partial charge in [0.25, 0.3) is 0 Å². The molecule has 31 heavy (non-hydrogen) atoms. The maximum Gasteiger partial charge on any atom is 0.203 e. The third-order valence-corrected chi connectivity index (χ3v) is 5.77. The molecule has 2 N–H and O–H groups in total. The van der Waals surface area contributed by atoms with Crippen LogP contribution in [0.5, 0.6) is 17.2 Å². The lowest BCUT2D eigenvalue weighted by Gasteiger charge is -2.26. The van der Waals surface area contributed by atoms with Crippen LogP contribution in [0.15, 0.2) is 30.3 Å². The molecule has 2 aromatic carbocycles. The van der Waals surface area contributed by atoms with Gasteiger partial charge in [-0.3, -0.25) is 0 Å². The van der Waals surface area contributed by atoms with Gasteiger partial charge in [0.1, 0.15) is 5.82 Å². The number of H-pyrrole nitrogens is 1. The Morgan fingerprint density at radius 2 is 1.77 bits per heavy atom. The number of nitrogens with one attached hydrogen (secondary N) is 2. The van der Waals surface area contributed by atoms with Gasteiger partial charge in [0, 0.05) is 36.7 Å². The van der Waals surface area contributed by atoms with Crippen molar-refractivity contribution in [3.05, 3.63) is 53.0 Å². The fourth-order valence-electron chi connectivity index (χ4n) is 3.78. The molecule has 1 heterocycles. The van der Waals surface area contributed by atoms with Crippen LogP contribution >= 0.6 is 12.2 Å². The second-order valence-electron chi connectivity index (χ2n) is 7.18. The van der Waals surface area contributed by atoms with Crippen LogP contribution in [0.4, 0.5) is 4.39 Å². The molecule has 0 radical (unpaired) electrons. The summed E-state index contributed by atoms with van der Waals surface area (Å²) in [6.07, 6.45) is 0.710. The summed E-state index contributed by atoms with van der Waals surface area (Å²) in [5.74, 6) is 1.49. The molecule has 0 aliphatic carbocycles. The van der Waals surface area contributed by atoms with Crippen LogP contribution in [0.1, 0.15) is 16.8 Å². The molecule has 0 saturated carbocycles. The lowest BCUT2D eigenvalue weighted by Crippen LogP contribution is -2.38. The summed E-state index contributed by atoms with van der Waals surface area (Å²) in [6.45, 7) is 3.21. The molecule has 6 nitrogen and oxygen atoms in total. The topological polar surface area (TPSA) is 58.8 Å². The molecule has 0 fully saturated rings. The summed E-state index contributed by atoms with van der Waals surface area (Å²) in [5.41, 5.74) is 4.02. The highest BCUT2D eigenvalue weighted by Gasteiger charge is 2.17. The van der Waals surface area contributed by atoms with Gasteiger partial charge in [-0.2, -0.15) is 0 Å². The molecule has 0 spiro atoms. The SMILES string of the molecule is CNC(=S)N(CCc1c(C)[nH]c2ccc(F)cc12)Cc1cc(OC)c(OC)c(OC)c1. The number of hydrogen-bond donors (Lipinski definition) is 2. The fourth-order valence-corrected chi connectivity index (χ4v) is 3.94. The standard InChI is InChI=1S/C23H28FN3O3S/c1-14-17(18-12-16(24)6-7-19(18)26-14)8-9-27(23(31)25-2)13-15-10-20(28-3)22(30-5)21(11-15)29-4/h6-7,10-12,26H,8-9,13H2,1-5H3,(H,25,31). The lowest BCUT2D eigenvalue weighted by atomic mass is 10.1. The van der Waals surface area contributed by atoms with E-state index in [1.807, 2.05) is 19.1 Å². The van der Waals surface area contributed by atoms with E-state index in [2.05, 4.69) is 15.2 Å². The van der Waals surface area contributed by atoms with Gasteiger partial charge in [-0.15, -0.1) is 0 Å². The predicted octanol–water partition coefficient (Wildman–Crippen LogP) is 4.19. The molecule has 3 aromatic rings. The monoisotopic (exact) mass is 445 g/mol. The zero-order chi connectivity index (χ0) is 22.5. The lowest BCUT2D eigenvalue weighted by molar-refractivity contribution is 0.322. The van der Waals surface area contributed by atoms with E-state index in [0.717, 1.165) is 27.7 Å². The number of methoxy groups -OCH3 is 3. The normalized spacial score (nSPS) is 10.8. The number of ether oxygens (including phenoxy) is 3. The first-order chi connectivity index (χ1) is 14.9. The third kappa shape index (κ3) is 4.85. The predicted molar refractivity (Wildman–Crippen MR) is 125 cm³/mol. The first kappa shape index (κ1) is 22.7. The molecule has 0 aliphatic heterocycles. The number of fused-ring (bicyclic) bond motifs is 1. The Morgan fingerprint density at radius 3 is 2.35 bits per heavy atom. The molecule has 3 rings (SSSR count). The molecular weight excluding hydrogens is 417 g/mol. The van der Waals surface area contributed by atoms with Crippen LogP contribution in [-0.4, -0.2) is 49.9 Å². The van der Waals surface area contributed by atoms with Gasteiger partial charge in [-0.1, -0.05) is 0 Å². The molecule has 0 saturated heterocycles. The van der Waals surface area contributed by atoms with Gasteiger partial charge < -0.3 is 29.4 Å². The Bertz CT molecular complexity index is 1060. The maximum atomic E-state index is 13.8. The Labute approximate surface area is 187 Å². The minimum atomic E-state index is -0.243. The van der Waals surface area contributed by atoms with E-state index in [-0.39, 0.29) is 5.82 Å². The molecule has 8 heteroatoms.